The van der Waals surface area contributed by atoms with Crippen LogP contribution in [0.5, 0.6) is 5.75 Å². The summed E-state index contributed by atoms with van der Waals surface area (Å²) >= 11 is 0. The van der Waals surface area contributed by atoms with Crippen molar-refractivity contribution >= 4 is 5.91 Å². The Morgan fingerprint density at radius 3 is 2.75 bits per heavy atom. The standard InChI is InChI=1S/C13H17NO2/c15-13(14-10-11-6-7-11)8-9-16-12-4-2-1-3-5-12/h1-5,11H,6-10H2,(H,14,15). The van der Waals surface area contributed by atoms with Crippen LogP contribution in [0.2, 0.25) is 0 Å². The van der Waals surface area contributed by atoms with Crippen LogP contribution in [0.3, 0.4) is 0 Å². The zero-order valence-electron chi connectivity index (χ0n) is 9.32. The average molecular weight is 219 g/mol. The number of amides is 1. The van der Waals surface area contributed by atoms with E-state index in [-0.39, 0.29) is 5.91 Å². The van der Waals surface area contributed by atoms with E-state index in [9.17, 15) is 4.79 Å². The molecule has 1 saturated carbocycles. The van der Waals surface area contributed by atoms with Crippen molar-refractivity contribution in [3.63, 3.8) is 0 Å². The Hall–Kier alpha value is -1.51. The third-order valence-electron chi connectivity index (χ3n) is 2.63. The van der Waals surface area contributed by atoms with Gasteiger partial charge in [-0.3, -0.25) is 4.79 Å². The van der Waals surface area contributed by atoms with Gasteiger partial charge in [-0.25, -0.2) is 0 Å². The smallest absolute Gasteiger partial charge is 0.223 e. The van der Waals surface area contributed by atoms with Gasteiger partial charge in [-0.15, -0.1) is 0 Å². The molecule has 0 spiro atoms. The lowest BCUT2D eigenvalue weighted by molar-refractivity contribution is -0.121. The number of carbonyl (C=O) groups is 1. The number of hydrogen-bond donors (Lipinski definition) is 1. The van der Waals surface area contributed by atoms with Gasteiger partial charge in [0.2, 0.25) is 5.91 Å². The third-order valence-corrected chi connectivity index (χ3v) is 2.63. The zero-order chi connectivity index (χ0) is 11.2. The highest BCUT2D eigenvalue weighted by Crippen LogP contribution is 2.27. The highest BCUT2D eigenvalue weighted by atomic mass is 16.5. The van der Waals surface area contributed by atoms with Crippen LogP contribution >= 0.6 is 0 Å². The third kappa shape index (κ3) is 3.93. The monoisotopic (exact) mass is 219 g/mol. The molecule has 0 saturated heterocycles. The van der Waals surface area contributed by atoms with Crippen molar-refractivity contribution in [3.05, 3.63) is 30.3 Å². The first kappa shape index (κ1) is 11.0. The summed E-state index contributed by atoms with van der Waals surface area (Å²) in [4.78, 5) is 11.4. The van der Waals surface area contributed by atoms with Gasteiger partial charge in [-0.1, -0.05) is 18.2 Å². The lowest BCUT2D eigenvalue weighted by atomic mass is 10.3. The Morgan fingerprint density at radius 1 is 1.31 bits per heavy atom. The molecule has 0 aromatic heterocycles. The maximum atomic E-state index is 11.4. The first-order valence-corrected chi connectivity index (χ1v) is 5.79. The second-order valence-electron chi connectivity index (χ2n) is 4.16. The van der Waals surface area contributed by atoms with Gasteiger partial charge in [0.15, 0.2) is 0 Å². The van der Waals surface area contributed by atoms with E-state index in [4.69, 9.17) is 4.74 Å². The molecule has 0 atom stereocenters. The average Bonchev–Trinajstić information content (AvgIpc) is 3.12. The number of ether oxygens (including phenoxy) is 1. The molecule has 0 aliphatic heterocycles. The van der Waals surface area contributed by atoms with Gasteiger partial charge in [0.25, 0.3) is 0 Å². The summed E-state index contributed by atoms with van der Waals surface area (Å²) in [6.07, 6.45) is 2.96. The van der Waals surface area contributed by atoms with Crippen molar-refractivity contribution in [2.75, 3.05) is 13.2 Å². The van der Waals surface area contributed by atoms with Crippen molar-refractivity contribution in [1.29, 1.82) is 0 Å². The van der Waals surface area contributed by atoms with Crippen LogP contribution in [-0.4, -0.2) is 19.1 Å². The lowest BCUT2D eigenvalue weighted by Gasteiger charge is -2.06. The van der Waals surface area contributed by atoms with Gasteiger partial charge in [-0.05, 0) is 30.9 Å². The van der Waals surface area contributed by atoms with Crippen LogP contribution in [0, 0.1) is 5.92 Å². The Morgan fingerprint density at radius 2 is 2.06 bits per heavy atom. The predicted octanol–water partition coefficient (Wildman–Crippen LogP) is 1.98. The van der Waals surface area contributed by atoms with E-state index in [0.717, 1.165) is 18.2 Å². The van der Waals surface area contributed by atoms with Gasteiger partial charge in [0, 0.05) is 6.54 Å². The van der Waals surface area contributed by atoms with E-state index in [1.807, 2.05) is 30.3 Å². The summed E-state index contributed by atoms with van der Waals surface area (Å²) in [7, 11) is 0. The van der Waals surface area contributed by atoms with E-state index < -0.39 is 0 Å². The number of rotatable bonds is 6. The van der Waals surface area contributed by atoms with Gasteiger partial charge >= 0.3 is 0 Å². The van der Waals surface area contributed by atoms with Crippen molar-refractivity contribution in [1.82, 2.24) is 5.32 Å². The van der Waals surface area contributed by atoms with E-state index >= 15 is 0 Å². The maximum absolute atomic E-state index is 11.4. The minimum absolute atomic E-state index is 0.0860. The SMILES string of the molecule is O=C(CCOc1ccccc1)NCC1CC1. The number of hydrogen-bond acceptors (Lipinski definition) is 2. The molecule has 0 heterocycles. The number of nitrogens with one attached hydrogen (secondary N) is 1. The summed E-state index contributed by atoms with van der Waals surface area (Å²) in [5, 5.41) is 2.91. The molecular weight excluding hydrogens is 202 g/mol. The van der Waals surface area contributed by atoms with E-state index in [2.05, 4.69) is 5.32 Å². The molecule has 2 rings (SSSR count). The molecule has 3 heteroatoms. The van der Waals surface area contributed by atoms with Gasteiger partial charge in [0.05, 0.1) is 13.0 Å². The van der Waals surface area contributed by atoms with Crippen LogP contribution < -0.4 is 10.1 Å². The molecule has 3 nitrogen and oxygen atoms in total. The quantitative estimate of drug-likeness (QED) is 0.794. The van der Waals surface area contributed by atoms with Gasteiger partial charge < -0.3 is 10.1 Å². The normalized spacial score (nSPS) is 14.5. The molecule has 0 bridgehead atoms. The minimum Gasteiger partial charge on any atom is -0.493 e. The summed E-state index contributed by atoms with van der Waals surface area (Å²) in [6, 6.07) is 9.56. The van der Waals surface area contributed by atoms with Crippen LogP contribution in [0.4, 0.5) is 0 Å². The highest BCUT2D eigenvalue weighted by molar-refractivity contribution is 5.76. The summed E-state index contributed by atoms with van der Waals surface area (Å²) in [6.45, 7) is 1.28. The molecule has 1 fully saturated rings. The Labute approximate surface area is 95.8 Å². The van der Waals surface area contributed by atoms with Crippen molar-refractivity contribution in [3.8, 4) is 5.75 Å². The van der Waals surface area contributed by atoms with Crippen LogP contribution in [-0.2, 0) is 4.79 Å². The fourth-order valence-electron chi connectivity index (χ4n) is 1.45. The molecule has 1 aromatic rings. The van der Waals surface area contributed by atoms with Crippen molar-refractivity contribution in [2.45, 2.75) is 19.3 Å². The Balaban J connectivity index is 1.58. The molecule has 1 amide bonds. The van der Waals surface area contributed by atoms with Crippen molar-refractivity contribution < 1.29 is 9.53 Å². The maximum Gasteiger partial charge on any atom is 0.223 e. The fourth-order valence-corrected chi connectivity index (χ4v) is 1.45. The summed E-state index contributed by atoms with van der Waals surface area (Å²) < 4.78 is 5.44. The van der Waals surface area contributed by atoms with E-state index in [1.54, 1.807) is 0 Å². The molecule has 1 aliphatic rings. The molecule has 1 N–H and O–H groups in total. The predicted molar refractivity (Wildman–Crippen MR) is 62.3 cm³/mol. The molecule has 86 valence electrons. The molecule has 0 unspecified atom stereocenters. The lowest BCUT2D eigenvalue weighted by Crippen LogP contribution is -2.26. The van der Waals surface area contributed by atoms with Gasteiger partial charge in [-0.2, -0.15) is 0 Å². The van der Waals surface area contributed by atoms with Crippen LogP contribution in [0.25, 0.3) is 0 Å². The zero-order valence-corrected chi connectivity index (χ0v) is 9.32. The molecule has 1 aliphatic carbocycles. The fraction of sp³-hybridized carbons (Fsp3) is 0.462. The van der Waals surface area contributed by atoms with Crippen LogP contribution in [0.1, 0.15) is 19.3 Å². The van der Waals surface area contributed by atoms with Crippen LogP contribution in [0.15, 0.2) is 30.3 Å². The number of carbonyl (C=O) groups excluding carboxylic acids is 1. The first-order valence-electron chi connectivity index (χ1n) is 5.79. The molecular formula is C13H17NO2. The molecule has 16 heavy (non-hydrogen) atoms. The molecule has 0 radical (unpaired) electrons. The highest BCUT2D eigenvalue weighted by Gasteiger charge is 2.21. The Kier molecular flexibility index (Phi) is 3.81. The summed E-state index contributed by atoms with van der Waals surface area (Å²) in [5.41, 5.74) is 0. The molecule has 1 aromatic carbocycles. The first-order chi connectivity index (χ1) is 7.84. The number of benzene rings is 1. The topological polar surface area (TPSA) is 38.3 Å². The second kappa shape index (κ2) is 5.54. The minimum atomic E-state index is 0.0860. The largest absolute Gasteiger partial charge is 0.493 e. The van der Waals surface area contributed by atoms with E-state index in [1.165, 1.54) is 12.8 Å². The number of para-hydroxylation sites is 1. The Bertz CT molecular complexity index is 333. The second-order valence-corrected chi connectivity index (χ2v) is 4.16. The summed E-state index contributed by atoms with van der Waals surface area (Å²) in [5.74, 6) is 1.64. The van der Waals surface area contributed by atoms with E-state index in [0.29, 0.717) is 13.0 Å². The van der Waals surface area contributed by atoms with Crippen molar-refractivity contribution in [2.24, 2.45) is 5.92 Å². The van der Waals surface area contributed by atoms with Gasteiger partial charge in [0.1, 0.15) is 5.75 Å².